The van der Waals surface area contributed by atoms with Gasteiger partial charge in [0.1, 0.15) is 0 Å². The molecule has 0 aromatic heterocycles. The van der Waals surface area contributed by atoms with E-state index in [1.54, 1.807) is 0 Å². The second-order valence-corrected chi connectivity index (χ2v) is 5.08. The zero-order chi connectivity index (χ0) is 11.3. The summed E-state index contributed by atoms with van der Waals surface area (Å²) < 4.78 is 0. The molecule has 1 N–H and O–H groups in total. The number of hydrogen-bond donors (Lipinski definition) is 1. The SMILES string of the molecule is CSCC(C)NC(C)c1ccccc1Cl. The quantitative estimate of drug-likeness (QED) is 0.846. The Labute approximate surface area is 102 Å². The molecular weight excluding hydrogens is 226 g/mol. The monoisotopic (exact) mass is 243 g/mol. The van der Waals surface area contributed by atoms with Crippen LogP contribution in [0.4, 0.5) is 0 Å². The molecule has 15 heavy (non-hydrogen) atoms. The van der Waals surface area contributed by atoms with Crippen molar-refractivity contribution in [1.29, 1.82) is 0 Å². The molecule has 0 saturated carbocycles. The van der Waals surface area contributed by atoms with Crippen LogP contribution in [0.25, 0.3) is 0 Å². The number of halogens is 1. The average molecular weight is 244 g/mol. The lowest BCUT2D eigenvalue weighted by atomic mass is 10.1. The lowest BCUT2D eigenvalue weighted by Gasteiger charge is -2.20. The van der Waals surface area contributed by atoms with Crippen LogP contribution in [0.2, 0.25) is 5.02 Å². The van der Waals surface area contributed by atoms with Crippen LogP contribution < -0.4 is 5.32 Å². The molecule has 0 bridgehead atoms. The minimum absolute atomic E-state index is 0.306. The summed E-state index contributed by atoms with van der Waals surface area (Å²) in [6.07, 6.45) is 2.12. The Morgan fingerprint density at radius 1 is 1.33 bits per heavy atom. The van der Waals surface area contributed by atoms with Crippen molar-refractivity contribution < 1.29 is 0 Å². The lowest BCUT2D eigenvalue weighted by molar-refractivity contribution is 0.511. The van der Waals surface area contributed by atoms with Crippen molar-refractivity contribution >= 4 is 23.4 Å². The predicted octanol–water partition coefficient (Wildman–Crippen LogP) is 3.74. The molecule has 0 saturated heterocycles. The molecule has 1 aromatic rings. The van der Waals surface area contributed by atoms with Crippen molar-refractivity contribution in [1.82, 2.24) is 5.32 Å². The molecule has 1 rings (SSSR count). The standard InChI is InChI=1S/C12H18ClNS/c1-9(8-15-3)14-10(2)11-6-4-5-7-12(11)13/h4-7,9-10,14H,8H2,1-3H3. The molecule has 84 valence electrons. The van der Waals surface area contributed by atoms with Crippen LogP contribution in [-0.4, -0.2) is 18.1 Å². The Hall–Kier alpha value is -0.180. The summed E-state index contributed by atoms with van der Waals surface area (Å²) in [6, 6.07) is 8.81. The van der Waals surface area contributed by atoms with E-state index >= 15 is 0 Å². The molecule has 0 heterocycles. The van der Waals surface area contributed by atoms with E-state index in [2.05, 4.69) is 31.5 Å². The molecule has 0 amide bonds. The van der Waals surface area contributed by atoms with Crippen LogP contribution in [0.1, 0.15) is 25.5 Å². The summed E-state index contributed by atoms with van der Waals surface area (Å²) in [5.41, 5.74) is 1.17. The predicted molar refractivity (Wildman–Crippen MR) is 70.8 cm³/mol. The van der Waals surface area contributed by atoms with E-state index in [0.717, 1.165) is 10.8 Å². The van der Waals surface area contributed by atoms with Gasteiger partial charge in [0.25, 0.3) is 0 Å². The van der Waals surface area contributed by atoms with E-state index < -0.39 is 0 Å². The number of benzene rings is 1. The Morgan fingerprint density at radius 3 is 2.60 bits per heavy atom. The maximum Gasteiger partial charge on any atom is 0.0453 e. The molecule has 1 aromatic carbocycles. The van der Waals surface area contributed by atoms with Gasteiger partial charge in [-0.2, -0.15) is 11.8 Å². The van der Waals surface area contributed by atoms with Crippen molar-refractivity contribution in [3.8, 4) is 0 Å². The Bertz CT molecular complexity index is 303. The van der Waals surface area contributed by atoms with E-state index in [4.69, 9.17) is 11.6 Å². The molecule has 0 spiro atoms. The summed E-state index contributed by atoms with van der Waals surface area (Å²) in [7, 11) is 0. The Kier molecular flexibility index (Phi) is 5.51. The van der Waals surface area contributed by atoms with Crippen LogP contribution in [0.3, 0.4) is 0 Å². The van der Waals surface area contributed by atoms with Crippen LogP contribution in [0.15, 0.2) is 24.3 Å². The van der Waals surface area contributed by atoms with Gasteiger partial charge in [-0.05, 0) is 31.7 Å². The zero-order valence-electron chi connectivity index (χ0n) is 9.46. The zero-order valence-corrected chi connectivity index (χ0v) is 11.0. The molecule has 0 fully saturated rings. The fraction of sp³-hybridized carbons (Fsp3) is 0.500. The van der Waals surface area contributed by atoms with Crippen molar-refractivity contribution in [3.63, 3.8) is 0 Å². The van der Waals surface area contributed by atoms with E-state index in [-0.39, 0.29) is 0 Å². The summed E-state index contributed by atoms with van der Waals surface area (Å²) in [6.45, 7) is 4.35. The normalized spacial score (nSPS) is 14.9. The Morgan fingerprint density at radius 2 is 2.00 bits per heavy atom. The highest BCUT2D eigenvalue weighted by Crippen LogP contribution is 2.22. The largest absolute Gasteiger partial charge is 0.307 e. The number of rotatable bonds is 5. The third-order valence-electron chi connectivity index (χ3n) is 2.32. The molecule has 0 aliphatic heterocycles. The molecule has 1 nitrogen and oxygen atoms in total. The third kappa shape index (κ3) is 4.06. The fourth-order valence-electron chi connectivity index (χ4n) is 1.64. The first-order chi connectivity index (χ1) is 7.15. The maximum absolute atomic E-state index is 6.13. The van der Waals surface area contributed by atoms with E-state index in [9.17, 15) is 0 Å². The Balaban J connectivity index is 2.61. The topological polar surface area (TPSA) is 12.0 Å². The van der Waals surface area contributed by atoms with Gasteiger partial charge in [0.05, 0.1) is 0 Å². The number of thioether (sulfide) groups is 1. The van der Waals surface area contributed by atoms with E-state index in [1.165, 1.54) is 5.56 Å². The highest BCUT2D eigenvalue weighted by Gasteiger charge is 2.11. The molecule has 0 aliphatic carbocycles. The van der Waals surface area contributed by atoms with Crippen LogP contribution in [0, 0.1) is 0 Å². The molecule has 2 atom stereocenters. The summed E-state index contributed by atoms with van der Waals surface area (Å²) in [4.78, 5) is 0. The molecule has 3 heteroatoms. The first kappa shape index (κ1) is 12.9. The van der Waals surface area contributed by atoms with E-state index in [0.29, 0.717) is 12.1 Å². The second kappa shape index (κ2) is 6.41. The minimum atomic E-state index is 0.306. The minimum Gasteiger partial charge on any atom is -0.307 e. The third-order valence-corrected chi connectivity index (χ3v) is 3.50. The van der Waals surface area contributed by atoms with Crippen molar-refractivity contribution in [3.05, 3.63) is 34.9 Å². The van der Waals surface area contributed by atoms with Crippen LogP contribution in [-0.2, 0) is 0 Å². The first-order valence-corrected chi connectivity index (χ1v) is 6.91. The van der Waals surface area contributed by atoms with Gasteiger partial charge in [0.15, 0.2) is 0 Å². The molecule has 2 unspecified atom stereocenters. The molecular formula is C12H18ClNS. The molecule has 0 aliphatic rings. The smallest absolute Gasteiger partial charge is 0.0453 e. The second-order valence-electron chi connectivity index (χ2n) is 3.77. The van der Waals surface area contributed by atoms with Crippen molar-refractivity contribution in [2.24, 2.45) is 0 Å². The van der Waals surface area contributed by atoms with Crippen LogP contribution >= 0.6 is 23.4 Å². The number of nitrogens with one attached hydrogen (secondary N) is 1. The highest BCUT2D eigenvalue weighted by molar-refractivity contribution is 7.98. The van der Waals surface area contributed by atoms with Gasteiger partial charge in [-0.25, -0.2) is 0 Å². The van der Waals surface area contributed by atoms with Crippen molar-refractivity contribution in [2.75, 3.05) is 12.0 Å². The van der Waals surface area contributed by atoms with Crippen molar-refractivity contribution in [2.45, 2.75) is 25.9 Å². The summed E-state index contributed by atoms with van der Waals surface area (Å²) in [5, 5.41) is 4.37. The van der Waals surface area contributed by atoms with Gasteiger partial charge in [-0.3, -0.25) is 0 Å². The summed E-state index contributed by atoms with van der Waals surface area (Å²) >= 11 is 7.99. The van der Waals surface area contributed by atoms with Gasteiger partial charge in [0, 0.05) is 22.9 Å². The first-order valence-electron chi connectivity index (χ1n) is 5.14. The van der Waals surface area contributed by atoms with Gasteiger partial charge in [0.2, 0.25) is 0 Å². The van der Waals surface area contributed by atoms with Gasteiger partial charge in [-0.1, -0.05) is 29.8 Å². The lowest BCUT2D eigenvalue weighted by Crippen LogP contribution is -2.30. The van der Waals surface area contributed by atoms with Crippen LogP contribution in [0.5, 0.6) is 0 Å². The highest BCUT2D eigenvalue weighted by atomic mass is 35.5. The van der Waals surface area contributed by atoms with Gasteiger partial charge < -0.3 is 5.32 Å². The van der Waals surface area contributed by atoms with Gasteiger partial charge in [-0.15, -0.1) is 0 Å². The van der Waals surface area contributed by atoms with E-state index in [1.807, 2.05) is 30.0 Å². The fourth-order valence-corrected chi connectivity index (χ4v) is 2.54. The summed E-state index contributed by atoms with van der Waals surface area (Å²) in [5.74, 6) is 1.12. The number of hydrogen-bond acceptors (Lipinski definition) is 2. The maximum atomic E-state index is 6.13. The average Bonchev–Trinajstić information content (AvgIpc) is 2.18. The van der Waals surface area contributed by atoms with Gasteiger partial charge >= 0.3 is 0 Å². The molecule has 0 radical (unpaired) electrons.